The van der Waals surface area contributed by atoms with Gasteiger partial charge in [0.25, 0.3) is 5.91 Å². The number of aromatic nitrogens is 2. The summed E-state index contributed by atoms with van der Waals surface area (Å²) < 4.78 is 2.09. The van der Waals surface area contributed by atoms with E-state index in [9.17, 15) is 14.4 Å². The van der Waals surface area contributed by atoms with E-state index in [0.29, 0.717) is 45.9 Å². The molecule has 4 rings (SSSR count). The van der Waals surface area contributed by atoms with E-state index in [0.717, 1.165) is 57.4 Å². The second kappa shape index (κ2) is 8.35. The minimum absolute atomic E-state index is 0.288. The van der Waals surface area contributed by atoms with Gasteiger partial charge in [-0.1, -0.05) is 0 Å². The highest BCUT2D eigenvalue weighted by atomic mass is 16.2. The number of imidazole rings is 1. The maximum atomic E-state index is 13.5. The van der Waals surface area contributed by atoms with E-state index in [1.54, 1.807) is 13.1 Å². The molecule has 0 unspecified atom stereocenters. The molecule has 0 atom stereocenters. The number of benzene rings is 1. The smallest absolute Gasteiger partial charge is 0.326 e. The summed E-state index contributed by atoms with van der Waals surface area (Å²) in [6.45, 7) is 3.86. The quantitative estimate of drug-likeness (QED) is 0.638. The minimum atomic E-state index is -0.579. The van der Waals surface area contributed by atoms with Gasteiger partial charge in [-0.15, -0.1) is 0 Å². The predicted octanol–water partition coefficient (Wildman–Crippen LogP) is 1.18. The van der Waals surface area contributed by atoms with Crippen LogP contribution in [0.3, 0.4) is 0 Å². The molecule has 0 saturated carbocycles. The second-order valence-electron chi connectivity index (χ2n) is 8.81. The summed E-state index contributed by atoms with van der Waals surface area (Å²) in [6.07, 6.45) is 6.51. The van der Waals surface area contributed by atoms with Crippen molar-refractivity contribution in [2.45, 2.75) is 51.0 Å². The standard InChI is InChI=1S/C22H31N5O3/c1-26-18-14-15(13-17(21(23)29)20(18)25-22(26)30)5-6-19(28)27(11-3-2-4-12-27)16-7-9-24-10-8-16/h13-14,16,24H,2-12H2,1H3,(H2-,23,25,29,30)/p+1. The van der Waals surface area contributed by atoms with Crippen LogP contribution in [0.1, 0.15) is 54.4 Å². The molecule has 30 heavy (non-hydrogen) atoms. The number of nitrogens with one attached hydrogen (secondary N) is 2. The molecule has 8 heteroatoms. The number of fused-ring (bicyclic) bond motifs is 1. The number of nitrogens with two attached hydrogens (primary N) is 1. The second-order valence-corrected chi connectivity index (χ2v) is 8.81. The predicted molar refractivity (Wildman–Crippen MR) is 115 cm³/mol. The molecule has 4 N–H and O–H groups in total. The molecule has 2 amide bonds. The highest BCUT2D eigenvalue weighted by Crippen LogP contribution is 2.30. The largest absolute Gasteiger partial charge is 0.366 e. The van der Waals surface area contributed by atoms with Crippen molar-refractivity contribution in [3.63, 3.8) is 0 Å². The number of hydrogen-bond donors (Lipinski definition) is 3. The van der Waals surface area contributed by atoms with Gasteiger partial charge in [-0.25, -0.2) is 9.59 Å². The first kappa shape index (κ1) is 20.8. The SMILES string of the molecule is Cn1c(=O)[nH]c2c(C(N)=O)cc(CCC(=O)[N+]3(C4CCNCC4)CCCCC3)cc21. The lowest BCUT2D eigenvalue weighted by molar-refractivity contribution is -0.885. The van der Waals surface area contributed by atoms with Crippen molar-refractivity contribution >= 4 is 22.8 Å². The minimum Gasteiger partial charge on any atom is -0.366 e. The van der Waals surface area contributed by atoms with Crippen LogP contribution in [0, 0.1) is 0 Å². The Morgan fingerprint density at radius 3 is 2.53 bits per heavy atom. The number of carbonyl (C=O) groups excluding carboxylic acids is 2. The number of likely N-dealkylation sites (tertiary alicyclic amines) is 1. The average Bonchev–Trinajstić information content (AvgIpc) is 3.06. The molecule has 1 aromatic heterocycles. The van der Waals surface area contributed by atoms with Crippen molar-refractivity contribution in [3.05, 3.63) is 33.7 Å². The van der Waals surface area contributed by atoms with Crippen LogP contribution < -0.4 is 16.7 Å². The molecular weight excluding hydrogens is 382 g/mol. The third kappa shape index (κ3) is 3.70. The van der Waals surface area contributed by atoms with Gasteiger partial charge in [-0.2, -0.15) is 0 Å². The van der Waals surface area contributed by atoms with E-state index in [1.807, 2.05) is 6.07 Å². The topological polar surface area (TPSA) is 110 Å². The number of nitrogens with zero attached hydrogens (tertiary/aromatic N) is 2. The van der Waals surface area contributed by atoms with E-state index >= 15 is 0 Å². The molecule has 3 heterocycles. The summed E-state index contributed by atoms with van der Waals surface area (Å²) in [6, 6.07) is 4.02. The number of rotatable bonds is 5. The highest BCUT2D eigenvalue weighted by molar-refractivity contribution is 6.04. The monoisotopic (exact) mass is 414 g/mol. The maximum Gasteiger partial charge on any atom is 0.326 e. The van der Waals surface area contributed by atoms with Gasteiger partial charge in [0.2, 0.25) is 0 Å². The molecule has 0 radical (unpaired) electrons. The zero-order valence-corrected chi connectivity index (χ0v) is 17.7. The fourth-order valence-corrected chi connectivity index (χ4v) is 5.39. The van der Waals surface area contributed by atoms with E-state index in [1.165, 1.54) is 11.0 Å². The summed E-state index contributed by atoms with van der Waals surface area (Å²) >= 11 is 0. The molecule has 2 fully saturated rings. The number of aryl methyl sites for hydroxylation is 2. The molecule has 8 nitrogen and oxygen atoms in total. The molecular formula is C22H32N5O3+. The van der Waals surface area contributed by atoms with Gasteiger partial charge in [0, 0.05) is 33.0 Å². The van der Waals surface area contributed by atoms with Crippen LogP contribution in [0.25, 0.3) is 11.0 Å². The summed E-state index contributed by atoms with van der Waals surface area (Å²) in [4.78, 5) is 40.2. The fraction of sp³-hybridized carbons (Fsp3) is 0.591. The van der Waals surface area contributed by atoms with Gasteiger partial charge >= 0.3 is 11.6 Å². The Bertz CT molecular complexity index is 1010. The van der Waals surface area contributed by atoms with Crippen molar-refractivity contribution in [2.75, 3.05) is 26.2 Å². The normalized spacial score (nSPS) is 19.8. The van der Waals surface area contributed by atoms with Crippen LogP contribution in [0.15, 0.2) is 16.9 Å². The first-order valence-electron chi connectivity index (χ1n) is 11.0. The molecule has 2 aliphatic rings. The van der Waals surface area contributed by atoms with Gasteiger partial charge in [0.1, 0.15) is 0 Å². The number of hydrogen-bond acceptors (Lipinski definition) is 4. The number of amides is 2. The van der Waals surface area contributed by atoms with Crippen LogP contribution in [0.2, 0.25) is 0 Å². The summed E-state index contributed by atoms with van der Waals surface area (Å²) in [5, 5.41) is 3.41. The molecule has 2 aromatic rings. The lowest BCUT2D eigenvalue weighted by Crippen LogP contribution is -2.63. The Kier molecular flexibility index (Phi) is 5.79. The lowest BCUT2D eigenvalue weighted by atomic mass is 9.94. The van der Waals surface area contributed by atoms with Gasteiger partial charge in [0.05, 0.1) is 42.1 Å². The van der Waals surface area contributed by atoms with Crippen LogP contribution in [-0.4, -0.2) is 58.1 Å². The molecule has 162 valence electrons. The van der Waals surface area contributed by atoms with Gasteiger partial charge < -0.3 is 16.0 Å². The van der Waals surface area contributed by atoms with Crippen LogP contribution in [0.4, 0.5) is 0 Å². The van der Waals surface area contributed by atoms with Gasteiger partial charge in [-0.3, -0.25) is 13.8 Å². The van der Waals surface area contributed by atoms with Gasteiger partial charge in [0.15, 0.2) is 0 Å². The molecule has 0 aliphatic carbocycles. The van der Waals surface area contributed by atoms with Crippen molar-refractivity contribution in [1.82, 2.24) is 14.9 Å². The van der Waals surface area contributed by atoms with Crippen LogP contribution in [-0.2, 0) is 18.3 Å². The fourth-order valence-electron chi connectivity index (χ4n) is 5.39. The molecule has 2 saturated heterocycles. The number of aromatic amines is 1. The molecule has 1 aromatic carbocycles. The van der Waals surface area contributed by atoms with E-state index in [-0.39, 0.29) is 5.69 Å². The number of piperidine rings is 2. The highest BCUT2D eigenvalue weighted by Gasteiger charge is 2.44. The first-order valence-corrected chi connectivity index (χ1v) is 11.0. The maximum absolute atomic E-state index is 13.5. The molecule has 0 spiro atoms. The first-order chi connectivity index (χ1) is 14.4. The van der Waals surface area contributed by atoms with Gasteiger partial charge in [-0.05, 0) is 43.4 Å². The van der Waals surface area contributed by atoms with Crippen LogP contribution >= 0.6 is 0 Å². The van der Waals surface area contributed by atoms with E-state index < -0.39 is 5.91 Å². The Morgan fingerprint density at radius 2 is 1.87 bits per heavy atom. The number of quaternary nitrogens is 1. The summed E-state index contributed by atoms with van der Waals surface area (Å²) in [7, 11) is 1.66. The molecule has 0 bridgehead atoms. The van der Waals surface area contributed by atoms with Crippen molar-refractivity contribution in [2.24, 2.45) is 12.8 Å². The van der Waals surface area contributed by atoms with Crippen molar-refractivity contribution < 1.29 is 14.1 Å². The number of primary amides is 1. The van der Waals surface area contributed by atoms with Crippen molar-refractivity contribution in [3.8, 4) is 0 Å². The third-order valence-electron chi connectivity index (χ3n) is 7.09. The average molecular weight is 415 g/mol. The Balaban J connectivity index is 1.59. The zero-order chi connectivity index (χ0) is 21.3. The Labute approximate surface area is 176 Å². The number of carbonyl (C=O) groups is 2. The Morgan fingerprint density at radius 1 is 1.17 bits per heavy atom. The summed E-state index contributed by atoms with van der Waals surface area (Å²) in [5.41, 5.74) is 7.52. The number of H-pyrrole nitrogens is 1. The molecule has 2 aliphatic heterocycles. The van der Waals surface area contributed by atoms with E-state index in [2.05, 4.69) is 10.3 Å². The summed E-state index contributed by atoms with van der Waals surface area (Å²) in [5.74, 6) is -0.269. The zero-order valence-electron chi connectivity index (χ0n) is 17.7. The third-order valence-corrected chi connectivity index (χ3v) is 7.09. The Hall–Kier alpha value is -2.45. The van der Waals surface area contributed by atoms with E-state index in [4.69, 9.17) is 5.73 Å². The van der Waals surface area contributed by atoms with Crippen LogP contribution in [0.5, 0.6) is 0 Å². The van der Waals surface area contributed by atoms with Crippen molar-refractivity contribution in [1.29, 1.82) is 0 Å². The lowest BCUT2D eigenvalue weighted by Gasteiger charge is -2.46.